The van der Waals surface area contributed by atoms with Gasteiger partial charge in [-0.2, -0.15) is 13.2 Å². The highest BCUT2D eigenvalue weighted by Gasteiger charge is 2.27. The van der Waals surface area contributed by atoms with E-state index in [0.717, 1.165) is 15.4 Å². The van der Waals surface area contributed by atoms with Gasteiger partial charge in [-0.1, -0.05) is 15.9 Å². The predicted octanol–water partition coefficient (Wildman–Crippen LogP) is 3.57. The van der Waals surface area contributed by atoms with Crippen molar-refractivity contribution in [3.63, 3.8) is 0 Å². The third-order valence-electron chi connectivity index (χ3n) is 2.67. The summed E-state index contributed by atoms with van der Waals surface area (Å²) in [5, 5.41) is 3.78. The van der Waals surface area contributed by atoms with Gasteiger partial charge in [0, 0.05) is 16.4 Å². The number of aromatic nitrogens is 1. The minimum absolute atomic E-state index is 0.0726. The van der Waals surface area contributed by atoms with Gasteiger partial charge in [0.15, 0.2) is 0 Å². The summed E-state index contributed by atoms with van der Waals surface area (Å²) < 4.78 is 41.2. The molecule has 3 N–H and O–H groups in total. The molecule has 0 saturated carbocycles. The van der Waals surface area contributed by atoms with Gasteiger partial charge in [-0.25, -0.2) is 0 Å². The van der Waals surface area contributed by atoms with E-state index in [9.17, 15) is 13.2 Å². The average molecular weight is 364 g/mol. The van der Waals surface area contributed by atoms with Crippen LogP contribution >= 0.6 is 15.9 Å². The number of nitrogen functional groups attached to an aromatic ring is 1. The van der Waals surface area contributed by atoms with Gasteiger partial charge in [-0.3, -0.25) is 4.98 Å². The van der Waals surface area contributed by atoms with Crippen molar-refractivity contribution in [2.75, 3.05) is 30.8 Å². The largest absolute Gasteiger partial charge is 0.411 e. The Morgan fingerprint density at radius 2 is 2.10 bits per heavy atom. The molecule has 1 aromatic carbocycles. The van der Waals surface area contributed by atoms with Crippen molar-refractivity contribution in [1.82, 2.24) is 4.98 Å². The molecule has 2 rings (SSSR count). The first kappa shape index (κ1) is 15.8. The Labute approximate surface area is 127 Å². The van der Waals surface area contributed by atoms with Crippen molar-refractivity contribution < 1.29 is 17.9 Å². The zero-order chi connectivity index (χ0) is 15.5. The first-order valence-electron chi connectivity index (χ1n) is 6.09. The second-order valence-electron chi connectivity index (χ2n) is 4.34. The zero-order valence-electron chi connectivity index (χ0n) is 10.9. The average Bonchev–Trinajstić information content (AvgIpc) is 2.39. The third-order valence-corrected chi connectivity index (χ3v) is 3.17. The molecule has 1 heterocycles. The molecule has 4 nitrogen and oxygen atoms in total. The van der Waals surface area contributed by atoms with Crippen LogP contribution < -0.4 is 11.1 Å². The maximum Gasteiger partial charge on any atom is 0.411 e. The number of nitrogens with one attached hydrogen (secondary N) is 1. The van der Waals surface area contributed by atoms with Gasteiger partial charge < -0.3 is 15.8 Å². The summed E-state index contributed by atoms with van der Waals surface area (Å²) in [6, 6.07) is 5.52. The van der Waals surface area contributed by atoms with Crippen molar-refractivity contribution in [3.05, 3.63) is 28.9 Å². The van der Waals surface area contributed by atoms with Gasteiger partial charge in [0.2, 0.25) is 0 Å². The minimum Gasteiger partial charge on any atom is -0.396 e. The Hall–Kier alpha value is -1.54. The predicted molar refractivity (Wildman–Crippen MR) is 79.2 cm³/mol. The summed E-state index contributed by atoms with van der Waals surface area (Å²) in [6.45, 7) is -1.12. The van der Waals surface area contributed by atoms with Gasteiger partial charge >= 0.3 is 6.18 Å². The quantitative estimate of drug-likeness (QED) is 0.797. The molecule has 0 aliphatic heterocycles. The monoisotopic (exact) mass is 363 g/mol. The molecule has 8 heteroatoms. The van der Waals surface area contributed by atoms with Crippen molar-refractivity contribution in [2.45, 2.75) is 6.18 Å². The van der Waals surface area contributed by atoms with E-state index < -0.39 is 12.8 Å². The summed E-state index contributed by atoms with van der Waals surface area (Å²) in [7, 11) is 0. The minimum atomic E-state index is -4.31. The summed E-state index contributed by atoms with van der Waals surface area (Å²) in [5.74, 6) is 0. The Bertz CT molecular complexity index is 629. The van der Waals surface area contributed by atoms with Crippen LogP contribution in [0.5, 0.6) is 0 Å². The molecule has 0 spiro atoms. The van der Waals surface area contributed by atoms with E-state index in [4.69, 9.17) is 5.73 Å². The fourth-order valence-electron chi connectivity index (χ4n) is 1.81. The normalized spacial score (nSPS) is 11.8. The number of hydrogen-bond donors (Lipinski definition) is 2. The lowest BCUT2D eigenvalue weighted by Crippen LogP contribution is -2.20. The van der Waals surface area contributed by atoms with Crippen LogP contribution in [0.15, 0.2) is 28.9 Å². The Morgan fingerprint density at radius 3 is 2.81 bits per heavy atom. The summed E-state index contributed by atoms with van der Waals surface area (Å²) in [4.78, 5) is 4.19. The van der Waals surface area contributed by atoms with Crippen LogP contribution in [0.25, 0.3) is 10.9 Å². The van der Waals surface area contributed by atoms with E-state index in [1.165, 1.54) is 6.20 Å². The molecule has 0 saturated heterocycles. The number of alkyl halides is 3. The topological polar surface area (TPSA) is 60.2 Å². The fraction of sp³-hybridized carbons (Fsp3) is 0.308. The van der Waals surface area contributed by atoms with Crippen molar-refractivity contribution >= 4 is 38.2 Å². The first-order valence-corrected chi connectivity index (χ1v) is 6.88. The lowest BCUT2D eigenvalue weighted by Gasteiger charge is -2.13. The maximum absolute atomic E-state index is 11.9. The Morgan fingerprint density at radius 1 is 1.33 bits per heavy atom. The number of fused-ring (bicyclic) bond motifs is 1. The van der Waals surface area contributed by atoms with E-state index in [0.29, 0.717) is 11.4 Å². The lowest BCUT2D eigenvalue weighted by molar-refractivity contribution is -0.172. The number of hydrogen-bond acceptors (Lipinski definition) is 4. The fourth-order valence-corrected chi connectivity index (χ4v) is 2.17. The van der Waals surface area contributed by atoms with E-state index in [1.54, 1.807) is 0 Å². The molecule has 0 radical (unpaired) electrons. The van der Waals surface area contributed by atoms with Crippen LogP contribution in [0.4, 0.5) is 24.5 Å². The van der Waals surface area contributed by atoms with Gasteiger partial charge in [-0.15, -0.1) is 0 Å². The number of halogens is 4. The highest BCUT2D eigenvalue weighted by molar-refractivity contribution is 9.10. The van der Waals surface area contributed by atoms with E-state index in [1.807, 2.05) is 18.2 Å². The second kappa shape index (κ2) is 6.48. The molecule has 0 fully saturated rings. The summed E-state index contributed by atoms with van der Waals surface area (Å²) >= 11 is 3.36. The van der Waals surface area contributed by atoms with Crippen LogP contribution in [0.1, 0.15) is 0 Å². The van der Waals surface area contributed by atoms with Gasteiger partial charge in [0.1, 0.15) is 6.61 Å². The van der Waals surface area contributed by atoms with E-state index in [2.05, 4.69) is 31.0 Å². The SMILES string of the molecule is Nc1cnc2ccc(Br)cc2c1NCCOCC(F)(F)F. The van der Waals surface area contributed by atoms with E-state index in [-0.39, 0.29) is 13.2 Å². The molecule has 2 aromatic rings. The Kier molecular flexibility index (Phi) is 4.89. The van der Waals surface area contributed by atoms with Gasteiger partial charge in [-0.05, 0) is 18.2 Å². The number of benzene rings is 1. The maximum atomic E-state index is 11.9. The second-order valence-corrected chi connectivity index (χ2v) is 5.26. The smallest absolute Gasteiger partial charge is 0.396 e. The first-order chi connectivity index (χ1) is 9.87. The third kappa shape index (κ3) is 4.47. The van der Waals surface area contributed by atoms with Gasteiger partial charge in [0.05, 0.1) is 29.7 Å². The van der Waals surface area contributed by atoms with Gasteiger partial charge in [0.25, 0.3) is 0 Å². The molecule has 1 aromatic heterocycles. The van der Waals surface area contributed by atoms with Crippen molar-refractivity contribution in [2.24, 2.45) is 0 Å². The molecule has 0 bridgehead atoms. The molecule has 0 aliphatic rings. The number of ether oxygens (including phenoxy) is 1. The molecule has 21 heavy (non-hydrogen) atoms. The van der Waals surface area contributed by atoms with Crippen LogP contribution in [0.3, 0.4) is 0 Å². The molecule has 0 atom stereocenters. The van der Waals surface area contributed by atoms with Crippen LogP contribution in [0, 0.1) is 0 Å². The molecule has 0 aliphatic carbocycles. The van der Waals surface area contributed by atoms with Crippen molar-refractivity contribution in [1.29, 1.82) is 0 Å². The molecule has 0 unspecified atom stereocenters. The lowest BCUT2D eigenvalue weighted by atomic mass is 10.1. The van der Waals surface area contributed by atoms with Crippen molar-refractivity contribution in [3.8, 4) is 0 Å². The molecular formula is C13H13BrF3N3O. The Balaban J connectivity index is 2.04. The number of pyridine rings is 1. The molecule has 0 amide bonds. The summed E-state index contributed by atoms with van der Waals surface area (Å²) in [6.07, 6.45) is -2.80. The molecular weight excluding hydrogens is 351 g/mol. The number of anilines is 2. The number of nitrogens with zero attached hydrogens (tertiary/aromatic N) is 1. The summed E-state index contributed by atoms with van der Waals surface area (Å²) in [5.41, 5.74) is 7.66. The highest BCUT2D eigenvalue weighted by atomic mass is 79.9. The number of rotatable bonds is 5. The zero-order valence-corrected chi connectivity index (χ0v) is 12.5. The standard InChI is InChI=1S/C13H13BrF3N3O/c14-8-1-2-11-9(5-8)12(10(18)6-20-11)19-3-4-21-7-13(15,16)17/h1-2,5-6H,3-4,7,18H2,(H,19,20). The number of nitrogens with two attached hydrogens (primary N) is 1. The van der Waals surface area contributed by atoms with Crippen LogP contribution in [-0.2, 0) is 4.74 Å². The van der Waals surface area contributed by atoms with Crippen LogP contribution in [-0.4, -0.2) is 30.9 Å². The highest BCUT2D eigenvalue weighted by Crippen LogP contribution is 2.29. The molecule has 114 valence electrons. The van der Waals surface area contributed by atoms with Crippen LogP contribution in [0.2, 0.25) is 0 Å². The van der Waals surface area contributed by atoms with E-state index >= 15 is 0 Å².